The minimum atomic E-state index is -0.148. The molecule has 3 rings (SSSR count). The molecule has 0 aromatic heterocycles. The van der Waals surface area contributed by atoms with Crippen molar-refractivity contribution in [3.8, 4) is 0 Å². The summed E-state index contributed by atoms with van der Waals surface area (Å²) in [6, 6.07) is 12.9. The van der Waals surface area contributed by atoms with Crippen LogP contribution in [0.3, 0.4) is 0 Å². The molecule has 1 heterocycles. The van der Waals surface area contributed by atoms with Crippen molar-refractivity contribution in [1.29, 1.82) is 0 Å². The standard InChI is InChI=1S/C21H24ClN3O2/c1-14-3-8-19(15(2)13-14)24-20(26)16-9-11-25(12-10-16)21(27)23-18-6-4-17(22)5-7-18/h3-8,13,16H,9-12H2,1-2H3,(H,23,27)(H,24,26). The van der Waals surface area contributed by atoms with Crippen molar-refractivity contribution in [2.24, 2.45) is 5.92 Å². The summed E-state index contributed by atoms with van der Waals surface area (Å²) in [6.45, 7) is 5.14. The highest BCUT2D eigenvalue weighted by Gasteiger charge is 2.27. The molecule has 142 valence electrons. The second-order valence-corrected chi connectivity index (χ2v) is 7.44. The Bertz CT molecular complexity index is 828. The van der Waals surface area contributed by atoms with Crippen molar-refractivity contribution in [2.75, 3.05) is 23.7 Å². The van der Waals surface area contributed by atoms with Crippen LogP contribution in [0.5, 0.6) is 0 Å². The van der Waals surface area contributed by atoms with Gasteiger partial charge in [0.1, 0.15) is 0 Å². The van der Waals surface area contributed by atoms with Gasteiger partial charge in [-0.1, -0.05) is 29.3 Å². The molecule has 0 aliphatic carbocycles. The van der Waals surface area contributed by atoms with Crippen LogP contribution >= 0.6 is 11.6 Å². The molecule has 2 aromatic rings. The third-order valence-corrected chi connectivity index (χ3v) is 5.14. The van der Waals surface area contributed by atoms with E-state index in [0.717, 1.165) is 11.3 Å². The predicted molar refractivity (Wildman–Crippen MR) is 109 cm³/mol. The van der Waals surface area contributed by atoms with Gasteiger partial charge in [0.05, 0.1) is 0 Å². The van der Waals surface area contributed by atoms with Crippen LogP contribution in [-0.4, -0.2) is 29.9 Å². The van der Waals surface area contributed by atoms with Crippen LogP contribution in [0.4, 0.5) is 16.2 Å². The van der Waals surface area contributed by atoms with E-state index < -0.39 is 0 Å². The van der Waals surface area contributed by atoms with E-state index in [1.165, 1.54) is 5.56 Å². The van der Waals surface area contributed by atoms with Crippen LogP contribution in [-0.2, 0) is 4.79 Å². The molecule has 1 aliphatic heterocycles. The minimum Gasteiger partial charge on any atom is -0.326 e. The fourth-order valence-electron chi connectivity index (χ4n) is 3.27. The molecule has 2 aromatic carbocycles. The highest BCUT2D eigenvalue weighted by atomic mass is 35.5. The predicted octanol–water partition coefficient (Wildman–Crippen LogP) is 4.84. The molecular weight excluding hydrogens is 362 g/mol. The smallest absolute Gasteiger partial charge is 0.321 e. The van der Waals surface area contributed by atoms with Crippen LogP contribution < -0.4 is 10.6 Å². The number of hydrogen-bond acceptors (Lipinski definition) is 2. The monoisotopic (exact) mass is 385 g/mol. The fourth-order valence-corrected chi connectivity index (χ4v) is 3.40. The lowest BCUT2D eigenvalue weighted by Gasteiger charge is -2.31. The Morgan fingerprint density at radius 1 is 1.00 bits per heavy atom. The van der Waals surface area contributed by atoms with Gasteiger partial charge in [-0.2, -0.15) is 0 Å². The average Bonchev–Trinajstić information content (AvgIpc) is 2.66. The minimum absolute atomic E-state index is 0.0275. The van der Waals surface area contributed by atoms with Gasteiger partial charge >= 0.3 is 6.03 Å². The maximum Gasteiger partial charge on any atom is 0.321 e. The Hall–Kier alpha value is -2.53. The second-order valence-electron chi connectivity index (χ2n) is 7.01. The highest BCUT2D eigenvalue weighted by molar-refractivity contribution is 6.30. The van der Waals surface area contributed by atoms with Crippen LogP contribution in [0.25, 0.3) is 0 Å². The number of carbonyl (C=O) groups is 2. The maximum absolute atomic E-state index is 12.6. The van der Waals surface area contributed by atoms with Crippen molar-refractivity contribution >= 4 is 34.9 Å². The summed E-state index contributed by atoms with van der Waals surface area (Å²) < 4.78 is 0. The Morgan fingerprint density at radius 3 is 2.30 bits per heavy atom. The van der Waals surface area contributed by atoms with Gasteiger partial charge in [0.25, 0.3) is 0 Å². The van der Waals surface area contributed by atoms with Crippen molar-refractivity contribution in [1.82, 2.24) is 4.90 Å². The Labute approximate surface area is 164 Å². The zero-order valence-electron chi connectivity index (χ0n) is 15.6. The van der Waals surface area contributed by atoms with Crippen molar-refractivity contribution < 1.29 is 9.59 Å². The largest absolute Gasteiger partial charge is 0.326 e. The first kappa shape index (κ1) is 19.2. The molecule has 0 atom stereocenters. The average molecular weight is 386 g/mol. The molecular formula is C21H24ClN3O2. The molecule has 0 unspecified atom stereocenters. The first-order valence-corrected chi connectivity index (χ1v) is 9.50. The Balaban J connectivity index is 1.51. The van der Waals surface area contributed by atoms with E-state index in [4.69, 9.17) is 11.6 Å². The number of urea groups is 1. The summed E-state index contributed by atoms with van der Waals surface area (Å²) in [4.78, 5) is 26.7. The molecule has 1 aliphatic rings. The summed E-state index contributed by atoms with van der Waals surface area (Å²) in [7, 11) is 0. The number of likely N-dealkylation sites (tertiary alicyclic amines) is 1. The molecule has 0 bridgehead atoms. The summed E-state index contributed by atoms with van der Waals surface area (Å²) in [5, 5.41) is 6.52. The number of aryl methyl sites for hydroxylation is 2. The topological polar surface area (TPSA) is 61.4 Å². The van der Waals surface area contributed by atoms with Gasteiger partial charge in [0, 0.05) is 35.4 Å². The molecule has 6 heteroatoms. The first-order valence-electron chi connectivity index (χ1n) is 9.12. The van der Waals surface area contributed by atoms with Crippen LogP contribution in [0.1, 0.15) is 24.0 Å². The van der Waals surface area contributed by atoms with Crippen LogP contribution in [0.15, 0.2) is 42.5 Å². The van der Waals surface area contributed by atoms with Crippen molar-refractivity contribution in [3.05, 3.63) is 58.6 Å². The maximum atomic E-state index is 12.6. The number of halogens is 1. The quantitative estimate of drug-likeness (QED) is 0.794. The Morgan fingerprint density at radius 2 is 1.67 bits per heavy atom. The van der Waals surface area contributed by atoms with E-state index >= 15 is 0 Å². The van der Waals surface area contributed by atoms with Gasteiger partial charge in [0.15, 0.2) is 0 Å². The van der Waals surface area contributed by atoms with Gasteiger partial charge in [0.2, 0.25) is 5.91 Å². The number of amides is 3. The molecule has 27 heavy (non-hydrogen) atoms. The summed E-state index contributed by atoms with van der Waals surface area (Å²) in [6.07, 6.45) is 1.32. The van der Waals surface area contributed by atoms with Crippen LogP contribution in [0, 0.1) is 19.8 Å². The van der Waals surface area contributed by atoms with E-state index in [2.05, 4.69) is 16.7 Å². The number of piperidine rings is 1. The summed E-state index contributed by atoms with van der Waals surface area (Å²) in [5.74, 6) is -0.0509. The zero-order chi connectivity index (χ0) is 19.4. The van der Waals surface area contributed by atoms with Crippen LogP contribution in [0.2, 0.25) is 5.02 Å². The zero-order valence-corrected chi connectivity index (χ0v) is 16.3. The first-order chi connectivity index (χ1) is 12.9. The lowest BCUT2D eigenvalue weighted by molar-refractivity contribution is -0.121. The number of carbonyl (C=O) groups excluding carboxylic acids is 2. The van der Waals surface area contributed by atoms with Gasteiger partial charge < -0.3 is 15.5 Å². The van der Waals surface area contributed by atoms with E-state index in [-0.39, 0.29) is 17.9 Å². The lowest BCUT2D eigenvalue weighted by atomic mass is 9.95. The molecule has 0 radical (unpaired) electrons. The molecule has 3 amide bonds. The van der Waals surface area contributed by atoms with E-state index in [0.29, 0.717) is 36.6 Å². The highest BCUT2D eigenvalue weighted by Crippen LogP contribution is 2.22. The summed E-state index contributed by atoms with van der Waals surface area (Å²) >= 11 is 5.86. The third-order valence-electron chi connectivity index (χ3n) is 4.89. The van der Waals surface area contributed by atoms with Crippen molar-refractivity contribution in [3.63, 3.8) is 0 Å². The normalized spacial score (nSPS) is 14.7. The SMILES string of the molecule is Cc1ccc(NC(=O)C2CCN(C(=O)Nc3ccc(Cl)cc3)CC2)c(C)c1. The fraction of sp³-hybridized carbons (Fsp3) is 0.333. The Kier molecular flexibility index (Phi) is 6.01. The number of rotatable bonds is 3. The number of hydrogen-bond donors (Lipinski definition) is 2. The number of nitrogens with zero attached hydrogens (tertiary/aromatic N) is 1. The van der Waals surface area contributed by atoms with E-state index in [1.807, 2.05) is 26.0 Å². The number of anilines is 2. The molecule has 1 saturated heterocycles. The molecule has 5 nitrogen and oxygen atoms in total. The summed E-state index contributed by atoms with van der Waals surface area (Å²) in [5.41, 5.74) is 3.79. The number of nitrogens with one attached hydrogen (secondary N) is 2. The lowest BCUT2D eigenvalue weighted by Crippen LogP contribution is -2.43. The number of benzene rings is 2. The van der Waals surface area contributed by atoms with E-state index in [9.17, 15) is 9.59 Å². The van der Waals surface area contributed by atoms with Crippen molar-refractivity contribution in [2.45, 2.75) is 26.7 Å². The van der Waals surface area contributed by atoms with Gasteiger partial charge in [-0.3, -0.25) is 4.79 Å². The van der Waals surface area contributed by atoms with Gasteiger partial charge in [-0.05, 0) is 62.6 Å². The van der Waals surface area contributed by atoms with E-state index in [1.54, 1.807) is 29.2 Å². The van der Waals surface area contributed by atoms with Gasteiger partial charge in [-0.25, -0.2) is 4.79 Å². The molecule has 2 N–H and O–H groups in total. The third kappa shape index (κ3) is 5.01. The molecule has 0 spiro atoms. The van der Waals surface area contributed by atoms with Gasteiger partial charge in [-0.15, -0.1) is 0 Å². The molecule has 1 fully saturated rings. The second kappa shape index (κ2) is 8.44. The molecule has 0 saturated carbocycles.